The van der Waals surface area contributed by atoms with Crippen LogP contribution in [0.1, 0.15) is 57.6 Å². The Morgan fingerprint density at radius 1 is 1.28 bits per heavy atom. The lowest BCUT2D eigenvalue weighted by Crippen LogP contribution is -2.48. The van der Waals surface area contributed by atoms with Gasteiger partial charge in [-0.2, -0.15) is 0 Å². The number of rotatable bonds is 6. The number of nitrogens with zero attached hydrogens (tertiary/aromatic N) is 1. The molecule has 3 rings (SSSR count). The molecule has 7 nitrogen and oxygen atoms in total. The third-order valence-corrected chi connectivity index (χ3v) is 5.66. The number of anilines is 1. The van der Waals surface area contributed by atoms with Crippen molar-refractivity contribution in [1.29, 1.82) is 0 Å². The molecule has 0 aromatic heterocycles. The van der Waals surface area contributed by atoms with Crippen molar-refractivity contribution in [1.82, 2.24) is 10.2 Å². The molecule has 29 heavy (non-hydrogen) atoms. The van der Waals surface area contributed by atoms with E-state index >= 15 is 0 Å². The number of nitrogens with one attached hydrogen (secondary N) is 2. The van der Waals surface area contributed by atoms with E-state index in [0.717, 1.165) is 37.7 Å². The summed E-state index contributed by atoms with van der Waals surface area (Å²) in [5.41, 5.74) is 2.37. The van der Waals surface area contributed by atoms with Crippen LogP contribution in [0, 0.1) is 5.92 Å². The zero-order valence-electron chi connectivity index (χ0n) is 17.3. The Hall–Kier alpha value is -2.83. The maximum Gasteiger partial charge on any atom is 0.337 e. The van der Waals surface area contributed by atoms with Gasteiger partial charge in [0.1, 0.15) is 0 Å². The summed E-state index contributed by atoms with van der Waals surface area (Å²) in [6.07, 6.45) is 4.80. The van der Waals surface area contributed by atoms with Crippen LogP contribution in [0.15, 0.2) is 35.5 Å². The van der Waals surface area contributed by atoms with Gasteiger partial charge in [0.15, 0.2) is 0 Å². The Bertz CT molecular complexity index is 827. The van der Waals surface area contributed by atoms with Crippen LogP contribution >= 0.6 is 0 Å². The van der Waals surface area contributed by atoms with Gasteiger partial charge < -0.3 is 15.4 Å². The van der Waals surface area contributed by atoms with Gasteiger partial charge in [-0.15, -0.1) is 0 Å². The predicted octanol–water partition coefficient (Wildman–Crippen LogP) is 3.74. The molecule has 0 bridgehead atoms. The van der Waals surface area contributed by atoms with Gasteiger partial charge in [0.2, 0.25) is 5.91 Å². The minimum Gasteiger partial charge on any atom is -0.466 e. The van der Waals surface area contributed by atoms with Crippen LogP contribution in [-0.4, -0.2) is 36.5 Å². The quantitative estimate of drug-likeness (QED) is 0.714. The molecule has 0 radical (unpaired) electrons. The molecule has 1 aliphatic carbocycles. The Morgan fingerprint density at radius 3 is 2.66 bits per heavy atom. The summed E-state index contributed by atoms with van der Waals surface area (Å²) >= 11 is 0. The molecule has 0 saturated heterocycles. The number of hydrogen-bond acceptors (Lipinski definition) is 4. The molecule has 1 aromatic carbocycles. The van der Waals surface area contributed by atoms with Crippen molar-refractivity contribution < 1.29 is 19.1 Å². The normalized spacial score (nSPS) is 19.9. The van der Waals surface area contributed by atoms with E-state index < -0.39 is 12.0 Å². The van der Waals surface area contributed by atoms with Crippen molar-refractivity contribution >= 4 is 23.6 Å². The molecule has 1 aromatic rings. The molecule has 1 unspecified atom stereocenters. The number of amides is 3. The number of carbonyl (C=O) groups excluding carboxylic acids is 3. The summed E-state index contributed by atoms with van der Waals surface area (Å²) < 4.78 is 4.99. The van der Waals surface area contributed by atoms with Gasteiger partial charge >= 0.3 is 12.0 Å². The van der Waals surface area contributed by atoms with E-state index in [4.69, 9.17) is 4.74 Å². The highest BCUT2D eigenvalue weighted by Gasteiger charge is 2.36. The number of carbonyl (C=O) groups is 3. The summed E-state index contributed by atoms with van der Waals surface area (Å²) in [5.74, 6) is -0.390. The van der Waals surface area contributed by atoms with E-state index in [1.807, 2.05) is 31.2 Å². The lowest BCUT2D eigenvalue weighted by molar-refractivity contribution is -0.136. The molecule has 1 saturated carbocycles. The fourth-order valence-electron chi connectivity index (χ4n) is 4.13. The Balaban J connectivity index is 1.90. The fourth-order valence-corrected chi connectivity index (χ4v) is 4.13. The monoisotopic (exact) mass is 399 g/mol. The minimum absolute atomic E-state index is 0.0290. The fraction of sp³-hybridized carbons (Fsp3) is 0.500. The number of ether oxygens (including phenoxy) is 1. The first-order valence-corrected chi connectivity index (χ1v) is 10.2. The van der Waals surface area contributed by atoms with Crippen LogP contribution in [0.2, 0.25) is 0 Å². The molecule has 2 N–H and O–H groups in total. The molecular formula is C22H29N3O4. The van der Waals surface area contributed by atoms with Crippen LogP contribution in [-0.2, 0) is 14.3 Å². The second kappa shape index (κ2) is 9.11. The SMILES string of the molecule is CCCN1C(=O)NC(c2cccc(NC(=O)C3CCCC3)c2)C(C(=O)OC)=C1C. The summed E-state index contributed by atoms with van der Waals surface area (Å²) in [6.45, 7) is 4.25. The molecule has 0 spiro atoms. The van der Waals surface area contributed by atoms with Gasteiger partial charge in [0.05, 0.1) is 18.7 Å². The first kappa shape index (κ1) is 20.9. The van der Waals surface area contributed by atoms with Gasteiger partial charge in [0.25, 0.3) is 0 Å². The number of esters is 1. The Morgan fingerprint density at radius 2 is 2.00 bits per heavy atom. The first-order chi connectivity index (χ1) is 14.0. The molecule has 1 heterocycles. The molecule has 156 valence electrons. The van der Waals surface area contributed by atoms with E-state index in [2.05, 4.69) is 10.6 Å². The molecule has 2 aliphatic rings. The summed E-state index contributed by atoms with van der Waals surface area (Å²) in [6, 6.07) is 6.40. The van der Waals surface area contributed by atoms with E-state index in [1.54, 1.807) is 11.8 Å². The number of allylic oxidation sites excluding steroid dienone is 1. The van der Waals surface area contributed by atoms with Crippen LogP contribution in [0.25, 0.3) is 0 Å². The second-order valence-corrected chi connectivity index (χ2v) is 7.62. The Kier molecular flexibility index (Phi) is 6.56. The second-order valence-electron chi connectivity index (χ2n) is 7.62. The van der Waals surface area contributed by atoms with Crippen molar-refractivity contribution in [3.8, 4) is 0 Å². The topological polar surface area (TPSA) is 87.7 Å². The van der Waals surface area contributed by atoms with Crippen molar-refractivity contribution in [2.24, 2.45) is 5.92 Å². The molecule has 1 aliphatic heterocycles. The smallest absolute Gasteiger partial charge is 0.337 e. The first-order valence-electron chi connectivity index (χ1n) is 10.2. The third-order valence-electron chi connectivity index (χ3n) is 5.66. The molecular weight excluding hydrogens is 370 g/mol. The molecule has 1 fully saturated rings. The number of methoxy groups -OCH3 is 1. The van der Waals surface area contributed by atoms with Crippen LogP contribution in [0.5, 0.6) is 0 Å². The largest absolute Gasteiger partial charge is 0.466 e. The van der Waals surface area contributed by atoms with Gasteiger partial charge in [-0.3, -0.25) is 9.69 Å². The van der Waals surface area contributed by atoms with Gasteiger partial charge in [0, 0.05) is 23.8 Å². The predicted molar refractivity (Wildman–Crippen MR) is 110 cm³/mol. The van der Waals surface area contributed by atoms with Crippen LogP contribution < -0.4 is 10.6 Å². The number of hydrogen-bond donors (Lipinski definition) is 2. The minimum atomic E-state index is -0.633. The maximum atomic E-state index is 12.6. The van der Waals surface area contributed by atoms with Crippen molar-refractivity contribution in [3.63, 3.8) is 0 Å². The summed E-state index contributed by atoms with van der Waals surface area (Å²) in [7, 11) is 1.33. The average molecular weight is 399 g/mol. The van der Waals surface area contributed by atoms with Gasteiger partial charge in [-0.05, 0) is 43.9 Å². The van der Waals surface area contributed by atoms with Crippen molar-refractivity contribution in [2.45, 2.75) is 52.0 Å². The number of benzene rings is 1. The molecule has 1 atom stereocenters. The average Bonchev–Trinajstić information content (AvgIpc) is 3.25. The lowest BCUT2D eigenvalue weighted by Gasteiger charge is -2.35. The van der Waals surface area contributed by atoms with E-state index in [1.165, 1.54) is 7.11 Å². The van der Waals surface area contributed by atoms with Crippen LogP contribution in [0.3, 0.4) is 0 Å². The highest BCUT2D eigenvalue weighted by molar-refractivity contribution is 5.95. The standard InChI is InChI=1S/C22H29N3O4/c1-4-12-25-14(2)18(21(27)29-3)19(24-22(25)28)16-10-7-11-17(13-16)23-20(26)15-8-5-6-9-15/h7,10-11,13,15,19H,4-6,8-9,12H2,1-3H3,(H,23,26)(H,24,28). The van der Waals surface area contributed by atoms with E-state index in [0.29, 0.717) is 23.5 Å². The lowest BCUT2D eigenvalue weighted by atomic mass is 9.94. The van der Waals surface area contributed by atoms with Gasteiger partial charge in [-0.1, -0.05) is 31.9 Å². The number of urea groups is 1. The van der Waals surface area contributed by atoms with Crippen LogP contribution in [0.4, 0.5) is 10.5 Å². The van der Waals surface area contributed by atoms with Crippen molar-refractivity contribution in [3.05, 3.63) is 41.1 Å². The molecule has 7 heteroatoms. The summed E-state index contributed by atoms with van der Waals surface area (Å²) in [5, 5.41) is 5.89. The highest BCUT2D eigenvalue weighted by atomic mass is 16.5. The van der Waals surface area contributed by atoms with Crippen molar-refractivity contribution in [2.75, 3.05) is 19.0 Å². The summed E-state index contributed by atoms with van der Waals surface area (Å²) in [4.78, 5) is 39.2. The maximum absolute atomic E-state index is 12.6. The zero-order valence-corrected chi connectivity index (χ0v) is 17.3. The van der Waals surface area contributed by atoms with E-state index in [-0.39, 0.29) is 17.9 Å². The zero-order chi connectivity index (χ0) is 21.0. The van der Waals surface area contributed by atoms with Gasteiger partial charge in [-0.25, -0.2) is 9.59 Å². The highest BCUT2D eigenvalue weighted by Crippen LogP contribution is 2.33. The van der Waals surface area contributed by atoms with E-state index in [9.17, 15) is 14.4 Å². The molecule has 3 amide bonds. The third kappa shape index (κ3) is 4.44. The Labute approximate surface area is 171 Å².